The van der Waals surface area contributed by atoms with E-state index < -0.39 is 86.8 Å². The van der Waals surface area contributed by atoms with Crippen molar-refractivity contribution in [3.63, 3.8) is 0 Å². The van der Waals surface area contributed by atoms with Crippen LogP contribution in [-0.4, -0.2) is 140 Å². The molecule has 0 saturated carbocycles. The van der Waals surface area contributed by atoms with E-state index in [9.17, 15) is 45.6 Å². The number of unbranched alkanes of at least 4 members (excludes halogenated alkanes) is 13. The number of carbonyl (C=O) groups is 1. The van der Waals surface area contributed by atoms with Gasteiger partial charge < -0.3 is 65.1 Å². The van der Waals surface area contributed by atoms with Crippen molar-refractivity contribution in [2.24, 2.45) is 0 Å². The molecule has 62 heavy (non-hydrogen) atoms. The van der Waals surface area contributed by atoms with E-state index in [4.69, 9.17) is 18.9 Å². The molecule has 0 radical (unpaired) electrons. The van der Waals surface area contributed by atoms with Crippen molar-refractivity contribution >= 4 is 5.91 Å². The van der Waals surface area contributed by atoms with E-state index in [1.54, 1.807) is 6.08 Å². The Morgan fingerprint density at radius 1 is 0.597 bits per heavy atom. The average Bonchev–Trinajstić information content (AvgIpc) is 3.27. The van der Waals surface area contributed by atoms with Crippen LogP contribution in [0.25, 0.3) is 0 Å². The van der Waals surface area contributed by atoms with Gasteiger partial charge in [-0.1, -0.05) is 139 Å². The SMILES string of the molecule is CC/C=C\C/C=C\C/C=C\C/C=C\CCCCCCCCC(=O)NC(COC1OC(CO)C(OC2OC(CO)C(O)C(O)C2O)C(O)C1O)C(O)/C=C/CCCCCCCCC. The van der Waals surface area contributed by atoms with E-state index >= 15 is 0 Å². The minimum Gasteiger partial charge on any atom is -0.394 e. The summed E-state index contributed by atoms with van der Waals surface area (Å²) in [5, 5.41) is 86.4. The molecule has 0 aliphatic carbocycles. The van der Waals surface area contributed by atoms with E-state index in [2.05, 4.69) is 67.8 Å². The number of ether oxygens (including phenoxy) is 4. The molecule has 0 aromatic heterocycles. The van der Waals surface area contributed by atoms with Crippen molar-refractivity contribution in [3.05, 3.63) is 60.8 Å². The van der Waals surface area contributed by atoms with Crippen LogP contribution in [0.15, 0.2) is 60.8 Å². The van der Waals surface area contributed by atoms with Crippen LogP contribution in [0.1, 0.15) is 142 Å². The van der Waals surface area contributed by atoms with Gasteiger partial charge in [-0.25, -0.2) is 0 Å². The van der Waals surface area contributed by atoms with Crippen LogP contribution in [-0.2, 0) is 23.7 Å². The lowest BCUT2D eigenvalue weighted by molar-refractivity contribution is -0.359. The molecule has 0 aromatic rings. The van der Waals surface area contributed by atoms with Crippen LogP contribution in [0.2, 0.25) is 0 Å². The molecule has 12 unspecified atom stereocenters. The Labute approximate surface area is 371 Å². The van der Waals surface area contributed by atoms with Crippen LogP contribution < -0.4 is 5.32 Å². The number of nitrogens with one attached hydrogen (secondary N) is 1. The third-order valence-electron chi connectivity index (χ3n) is 11.2. The molecule has 9 N–H and O–H groups in total. The summed E-state index contributed by atoms with van der Waals surface area (Å²) in [5.74, 6) is -0.260. The summed E-state index contributed by atoms with van der Waals surface area (Å²) in [7, 11) is 0. The van der Waals surface area contributed by atoms with Crippen LogP contribution in [0.4, 0.5) is 0 Å². The molecule has 0 aromatic carbocycles. The third kappa shape index (κ3) is 22.5. The number of aliphatic hydroxyl groups is 8. The topological polar surface area (TPSA) is 228 Å². The second-order valence-corrected chi connectivity index (χ2v) is 16.5. The molecule has 14 heteroatoms. The Bertz CT molecular complexity index is 1270. The maximum atomic E-state index is 13.1. The van der Waals surface area contributed by atoms with E-state index in [1.807, 2.05) is 6.08 Å². The fourth-order valence-corrected chi connectivity index (χ4v) is 7.34. The van der Waals surface area contributed by atoms with E-state index in [1.165, 1.54) is 25.7 Å². The van der Waals surface area contributed by atoms with E-state index in [0.29, 0.717) is 6.42 Å². The zero-order valence-electron chi connectivity index (χ0n) is 37.6. The first-order valence-corrected chi connectivity index (χ1v) is 23.5. The van der Waals surface area contributed by atoms with E-state index in [-0.39, 0.29) is 18.9 Å². The van der Waals surface area contributed by atoms with Crippen molar-refractivity contribution < 1.29 is 64.6 Å². The molecular weight excluding hydrogens is 799 g/mol. The summed E-state index contributed by atoms with van der Waals surface area (Å²) in [6.45, 7) is 2.59. The predicted octanol–water partition coefficient (Wildman–Crippen LogP) is 5.10. The lowest BCUT2D eigenvalue weighted by atomic mass is 9.97. The van der Waals surface area contributed by atoms with Crippen LogP contribution in [0.5, 0.6) is 0 Å². The first-order valence-electron chi connectivity index (χ1n) is 23.5. The summed E-state index contributed by atoms with van der Waals surface area (Å²) in [6, 6.07) is -0.922. The van der Waals surface area contributed by atoms with Gasteiger partial charge >= 0.3 is 0 Å². The average molecular weight is 882 g/mol. The number of amides is 1. The Morgan fingerprint density at radius 3 is 1.71 bits per heavy atom. The highest BCUT2D eigenvalue weighted by atomic mass is 16.7. The molecule has 2 rings (SSSR count). The summed E-state index contributed by atoms with van der Waals surface area (Å²) >= 11 is 0. The fourth-order valence-electron chi connectivity index (χ4n) is 7.34. The molecule has 2 saturated heterocycles. The lowest BCUT2D eigenvalue weighted by Crippen LogP contribution is -2.65. The Morgan fingerprint density at radius 2 is 1.11 bits per heavy atom. The van der Waals surface area contributed by atoms with Gasteiger partial charge in [-0.15, -0.1) is 0 Å². The zero-order valence-corrected chi connectivity index (χ0v) is 37.6. The molecule has 14 nitrogen and oxygen atoms in total. The molecule has 2 heterocycles. The zero-order chi connectivity index (χ0) is 45.4. The van der Waals surface area contributed by atoms with Gasteiger partial charge in [0, 0.05) is 6.42 Å². The number of hydrogen-bond acceptors (Lipinski definition) is 13. The monoisotopic (exact) mass is 882 g/mol. The van der Waals surface area contributed by atoms with Gasteiger partial charge in [-0.3, -0.25) is 4.79 Å². The van der Waals surface area contributed by atoms with Gasteiger partial charge in [0.2, 0.25) is 5.91 Å². The Kier molecular flexibility index (Phi) is 31.5. The van der Waals surface area contributed by atoms with E-state index in [0.717, 1.165) is 89.9 Å². The minimum atomic E-state index is -1.79. The minimum absolute atomic E-state index is 0.260. The van der Waals surface area contributed by atoms with Gasteiger partial charge in [-0.2, -0.15) is 0 Å². The van der Waals surface area contributed by atoms with Gasteiger partial charge in [0.15, 0.2) is 12.6 Å². The van der Waals surface area contributed by atoms with Gasteiger partial charge in [-0.05, 0) is 57.8 Å². The van der Waals surface area contributed by atoms with Crippen molar-refractivity contribution in [3.8, 4) is 0 Å². The largest absolute Gasteiger partial charge is 0.394 e. The quantitative estimate of drug-likeness (QED) is 0.0304. The molecule has 12 atom stereocenters. The highest BCUT2D eigenvalue weighted by Gasteiger charge is 2.50. The van der Waals surface area contributed by atoms with Crippen LogP contribution >= 0.6 is 0 Å². The van der Waals surface area contributed by atoms with Crippen molar-refractivity contribution in [1.29, 1.82) is 0 Å². The summed E-state index contributed by atoms with van der Waals surface area (Å²) < 4.78 is 22.6. The van der Waals surface area contributed by atoms with Crippen molar-refractivity contribution in [1.82, 2.24) is 5.32 Å². The Hall–Kier alpha value is -2.31. The molecule has 0 spiro atoms. The lowest BCUT2D eigenvalue weighted by Gasteiger charge is -2.46. The third-order valence-corrected chi connectivity index (χ3v) is 11.2. The second-order valence-electron chi connectivity index (χ2n) is 16.5. The molecule has 2 aliphatic rings. The normalized spacial score (nSPS) is 28.3. The number of hydrogen-bond donors (Lipinski definition) is 9. The number of rotatable bonds is 34. The highest BCUT2D eigenvalue weighted by molar-refractivity contribution is 5.76. The molecule has 358 valence electrons. The van der Waals surface area contributed by atoms with Gasteiger partial charge in [0.1, 0.15) is 48.8 Å². The number of aliphatic hydroxyl groups excluding tert-OH is 8. The molecule has 2 aliphatic heterocycles. The summed E-state index contributed by atoms with van der Waals surface area (Å²) in [5.41, 5.74) is 0. The summed E-state index contributed by atoms with van der Waals surface area (Å²) in [4.78, 5) is 13.1. The first kappa shape index (κ1) is 55.8. The standard InChI is InChI=1S/C48H83NO13/c1-3-5-7-9-11-13-14-15-16-17-18-19-20-21-22-24-26-28-30-32-40(53)49-36(37(52)31-29-27-25-23-12-10-8-6-4-2)35-59-47-45(58)43(56)46(39(34-51)61-47)62-48-44(57)42(55)41(54)38(33-50)60-48/h5,7,11,13,15-16,18-19,29,31,36-39,41-48,50-52,54-58H,3-4,6,8-10,12,14,17,20-28,30,32-35H2,1-2H3,(H,49,53)/b7-5-,13-11-,16-15-,19-18-,31-29+. The van der Waals surface area contributed by atoms with Gasteiger partial charge in [0.25, 0.3) is 0 Å². The maximum absolute atomic E-state index is 13.1. The second kappa shape index (κ2) is 35.0. The molecule has 1 amide bonds. The fraction of sp³-hybridized carbons (Fsp3) is 0.771. The predicted molar refractivity (Wildman–Crippen MR) is 240 cm³/mol. The molecule has 2 fully saturated rings. The molecular formula is C48H83NO13. The summed E-state index contributed by atoms with van der Waals surface area (Å²) in [6.07, 6.45) is 24.2. The van der Waals surface area contributed by atoms with Gasteiger partial charge in [0.05, 0.1) is 32.0 Å². The molecule has 0 bridgehead atoms. The smallest absolute Gasteiger partial charge is 0.220 e. The highest BCUT2D eigenvalue weighted by Crippen LogP contribution is 2.30. The number of allylic oxidation sites excluding steroid dienone is 9. The van der Waals surface area contributed by atoms with Crippen molar-refractivity contribution in [2.75, 3.05) is 19.8 Å². The number of carbonyl (C=O) groups excluding carboxylic acids is 1. The van der Waals surface area contributed by atoms with Crippen LogP contribution in [0.3, 0.4) is 0 Å². The maximum Gasteiger partial charge on any atom is 0.220 e. The van der Waals surface area contributed by atoms with Crippen LogP contribution in [0, 0.1) is 0 Å². The first-order chi connectivity index (χ1) is 30.1. The Balaban J connectivity index is 1.84. The van der Waals surface area contributed by atoms with Crippen molar-refractivity contribution in [2.45, 2.75) is 216 Å².